The fourth-order valence-electron chi connectivity index (χ4n) is 1.88. The van der Waals surface area contributed by atoms with E-state index >= 15 is 0 Å². The highest BCUT2D eigenvalue weighted by Gasteiger charge is 2.11. The first-order chi connectivity index (χ1) is 9.61. The van der Waals surface area contributed by atoms with E-state index in [1.807, 2.05) is 0 Å². The second kappa shape index (κ2) is 6.87. The first-order valence-corrected chi connectivity index (χ1v) is 8.14. The molecule has 2 rings (SSSR count). The van der Waals surface area contributed by atoms with E-state index in [1.54, 1.807) is 26.0 Å². The quantitative estimate of drug-likeness (QED) is 0.805. The third-order valence-corrected chi connectivity index (χ3v) is 4.28. The van der Waals surface area contributed by atoms with Crippen molar-refractivity contribution in [3.8, 4) is 0 Å². The van der Waals surface area contributed by atoms with Gasteiger partial charge >= 0.3 is 0 Å². The van der Waals surface area contributed by atoms with Crippen LogP contribution in [0.1, 0.15) is 27.8 Å². The van der Waals surface area contributed by atoms with Gasteiger partial charge in [-0.2, -0.15) is 8.42 Å². The van der Waals surface area contributed by atoms with Crippen molar-refractivity contribution in [2.45, 2.75) is 39.5 Å². The van der Waals surface area contributed by atoms with Gasteiger partial charge in [0.1, 0.15) is 0 Å². The first-order valence-electron chi connectivity index (χ1n) is 6.70. The van der Waals surface area contributed by atoms with Crippen LogP contribution in [0.4, 0.5) is 0 Å². The van der Waals surface area contributed by atoms with Gasteiger partial charge in [-0.15, -0.1) is 0 Å². The molecule has 0 radical (unpaired) electrons. The summed E-state index contributed by atoms with van der Waals surface area (Å²) in [7, 11) is -4.06. The molecule has 0 aliphatic rings. The monoisotopic (exact) mass is 306 g/mol. The summed E-state index contributed by atoms with van der Waals surface area (Å²) >= 11 is 0. The van der Waals surface area contributed by atoms with Crippen molar-refractivity contribution in [2.24, 2.45) is 0 Å². The molecule has 2 aromatic rings. The van der Waals surface area contributed by atoms with E-state index in [1.165, 1.54) is 22.8 Å². The Hall–Kier alpha value is -1.65. The summed E-state index contributed by atoms with van der Waals surface area (Å²) in [5, 5.41) is 0. The van der Waals surface area contributed by atoms with Crippen LogP contribution in [-0.2, 0) is 10.1 Å². The van der Waals surface area contributed by atoms with E-state index in [-0.39, 0.29) is 4.90 Å². The molecule has 0 aliphatic carbocycles. The smallest absolute Gasteiger partial charge is 0.282 e. The summed E-state index contributed by atoms with van der Waals surface area (Å²) in [6, 6.07) is 11.4. The van der Waals surface area contributed by atoms with Crippen LogP contribution in [0.2, 0.25) is 0 Å². The van der Waals surface area contributed by atoms with Crippen molar-refractivity contribution >= 4 is 10.1 Å². The maximum atomic E-state index is 10.8. The van der Waals surface area contributed by atoms with Gasteiger partial charge in [-0.25, -0.2) is 0 Å². The normalized spacial score (nSPS) is 10.8. The van der Waals surface area contributed by atoms with Crippen LogP contribution < -0.4 is 0 Å². The highest BCUT2D eigenvalue weighted by Crippen LogP contribution is 2.15. The average Bonchev–Trinajstić information content (AvgIpc) is 2.37. The molecule has 0 atom stereocenters. The third-order valence-electron chi connectivity index (χ3n) is 3.28. The van der Waals surface area contributed by atoms with E-state index in [9.17, 15) is 8.42 Å². The Labute approximate surface area is 127 Å². The van der Waals surface area contributed by atoms with Crippen molar-refractivity contribution in [1.82, 2.24) is 0 Å². The van der Waals surface area contributed by atoms with E-state index in [2.05, 4.69) is 39.0 Å². The van der Waals surface area contributed by atoms with Crippen LogP contribution in [0.5, 0.6) is 0 Å². The summed E-state index contributed by atoms with van der Waals surface area (Å²) in [4.78, 5) is -0.0116. The summed E-state index contributed by atoms with van der Waals surface area (Å²) in [5.41, 5.74) is 5.48. The molecule has 0 aliphatic heterocycles. The lowest BCUT2D eigenvalue weighted by atomic mass is 10.1. The Bertz CT molecular complexity index is 732. The van der Waals surface area contributed by atoms with Gasteiger partial charge in [0.05, 0.1) is 4.90 Å². The van der Waals surface area contributed by atoms with Crippen molar-refractivity contribution in [1.29, 1.82) is 0 Å². The van der Waals surface area contributed by atoms with E-state index in [0.717, 1.165) is 5.56 Å². The van der Waals surface area contributed by atoms with E-state index < -0.39 is 10.1 Å². The lowest BCUT2D eigenvalue weighted by Gasteiger charge is -2.02. The number of rotatable bonds is 1. The minimum Gasteiger partial charge on any atom is -0.282 e. The fourth-order valence-corrected chi connectivity index (χ4v) is 2.69. The van der Waals surface area contributed by atoms with Gasteiger partial charge in [-0.1, -0.05) is 35.9 Å². The predicted molar refractivity (Wildman–Crippen MR) is 86.4 cm³/mol. The number of hydrogen-bond acceptors (Lipinski definition) is 2. The molecule has 2 aromatic carbocycles. The molecule has 0 heterocycles. The van der Waals surface area contributed by atoms with Crippen molar-refractivity contribution in [3.63, 3.8) is 0 Å². The maximum Gasteiger partial charge on any atom is 0.294 e. The summed E-state index contributed by atoms with van der Waals surface area (Å²) < 4.78 is 30.3. The highest BCUT2D eigenvalue weighted by atomic mass is 32.2. The van der Waals surface area contributed by atoms with Crippen LogP contribution in [0.3, 0.4) is 0 Å². The molecule has 0 fully saturated rings. The van der Waals surface area contributed by atoms with Crippen LogP contribution in [0.25, 0.3) is 0 Å². The molecule has 1 N–H and O–H groups in total. The first kappa shape index (κ1) is 17.4. The third kappa shape index (κ3) is 5.33. The average molecular weight is 306 g/mol. The van der Waals surface area contributed by atoms with E-state index in [0.29, 0.717) is 5.56 Å². The van der Waals surface area contributed by atoms with Gasteiger partial charge in [0.15, 0.2) is 0 Å². The van der Waals surface area contributed by atoms with Crippen molar-refractivity contribution in [3.05, 3.63) is 64.2 Å². The number of benzene rings is 2. The molecule has 0 saturated carbocycles. The van der Waals surface area contributed by atoms with Gasteiger partial charge in [-0.3, -0.25) is 4.55 Å². The second-order valence-corrected chi connectivity index (χ2v) is 6.72. The molecular weight excluding hydrogens is 284 g/mol. The van der Waals surface area contributed by atoms with Crippen LogP contribution in [0.15, 0.2) is 41.3 Å². The van der Waals surface area contributed by atoms with Gasteiger partial charge in [0, 0.05) is 0 Å². The maximum absolute atomic E-state index is 10.8. The largest absolute Gasteiger partial charge is 0.294 e. The zero-order valence-electron chi connectivity index (χ0n) is 13.1. The fraction of sp³-hybridized carbons (Fsp3) is 0.294. The van der Waals surface area contributed by atoms with Gasteiger partial charge in [0.2, 0.25) is 0 Å². The van der Waals surface area contributed by atoms with E-state index in [4.69, 9.17) is 4.55 Å². The SMILES string of the molecule is Cc1ccc(C)c(C)c1.Cc1ccc(C)c(S(=O)(=O)O)c1. The highest BCUT2D eigenvalue weighted by molar-refractivity contribution is 7.85. The molecule has 0 bridgehead atoms. The van der Waals surface area contributed by atoms with Crippen LogP contribution in [-0.4, -0.2) is 13.0 Å². The molecule has 21 heavy (non-hydrogen) atoms. The second-order valence-electron chi connectivity index (χ2n) is 5.33. The number of aryl methyl sites for hydroxylation is 5. The minimum atomic E-state index is -4.06. The Kier molecular flexibility index (Phi) is 5.70. The number of hydrogen-bond donors (Lipinski definition) is 1. The van der Waals surface area contributed by atoms with Gasteiger partial charge in [0.25, 0.3) is 10.1 Å². The zero-order valence-corrected chi connectivity index (χ0v) is 14.0. The Morgan fingerprint density at radius 3 is 1.57 bits per heavy atom. The molecule has 0 spiro atoms. The topological polar surface area (TPSA) is 54.4 Å². The lowest BCUT2D eigenvalue weighted by molar-refractivity contribution is 0.482. The molecular formula is C17H22O3S. The van der Waals surface area contributed by atoms with Crippen molar-refractivity contribution in [2.75, 3.05) is 0 Å². The van der Waals surface area contributed by atoms with Crippen molar-refractivity contribution < 1.29 is 13.0 Å². The molecule has 4 heteroatoms. The van der Waals surface area contributed by atoms with Gasteiger partial charge in [-0.05, 0) is 62.9 Å². The van der Waals surface area contributed by atoms with Gasteiger partial charge < -0.3 is 0 Å². The summed E-state index contributed by atoms with van der Waals surface area (Å²) in [5.74, 6) is 0. The molecule has 0 saturated heterocycles. The molecule has 114 valence electrons. The standard InChI is InChI=1S/C9H12.C8H10O3S/c1-7-4-5-8(2)9(3)6-7;1-6-3-4-7(2)8(5-6)12(9,10)11/h4-6H,1-3H3;3-5H,1-2H3,(H,9,10,11). The van der Waals surface area contributed by atoms with Crippen LogP contribution >= 0.6 is 0 Å². The zero-order chi connectivity index (χ0) is 16.2. The molecule has 0 amide bonds. The predicted octanol–water partition coefficient (Wildman–Crippen LogP) is 4.16. The lowest BCUT2D eigenvalue weighted by Crippen LogP contribution is -2.00. The summed E-state index contributed by atoms with van der Waals surface area (Å²) in [6.07, 6.45) is 0. The summed E-state index contributed by atoms with van der Waals surface area (Å²) in [6.45, 7) is 9.81. The molecule has 3 nitrogen and oxygen atoms in total. The Morgan fingerprint density at radius 1 is 0.714 bits per heavy atom. The molecule has 0 aromatic heterocycles. The Morgan fingerprint density at radius 2 is 1.19 bits per heavy atom. The molecule has 0 unspecified atom stereocenters. The van der Waals surface area contributed by atoms with Crippen LogP contribution in [0, 0.1) is 34.6 Å². The Balaban J connectivity index is 0.000000219. The minimum absolute atomic E-state index is 0.0116.